The Morgan fingerprint density at radius 2 is 1.39 bits per heavy atom. The van der Waals surface area contributed by atoms with Crippen LogP contribution in [0.5, 0.6) is 0 Å². The molecule has 33 heavy (non-hydrogen) atoms. The monoisotopic (exact) mass is 508 g/mol. The number of carbonyl (C=O) groups is 2. The molecule has 6 nitrogen and oxygen atoms in total. The number of aromatic amines is 1. The quantitative estimate of drug-likeness (QED) is 0.267. The van der Waals surface area contributed by atoms with Crippen molar-refractivity contribution in [3.05, 3.63) is 107 Å². The van der Waals surface area contributed by atoms with Crippen LogP contribution in [-0.4, -0.2) is 31.5 Å². The standard InChI is InChI=1S/C13H14N2O.C7H7Br.C6H8N2O/c1-10-8-13(11(2)16)14-15(10)9-12-6-4-3-5-7-12;8-6-7-4-2-1-3-5-7;1-4-3-6(5(2)9)8-7-4/h3-8H,9H2,1-2H3;1-5H,6H2;3H,1-2H3,(H,7,8). The van der Waals surface area contributed by atoms with Gasteiger partial charge < -0.3 is 0 Å². The van der Waals surface area contributed by atoms with Gasteiger partial charge in [0.15, 0.2) is 11.6 Å². The van der Waals surface area contributed by atoms with Gasteiger partial charge in [-0.05, 0) is 37.1 Å². The zero-order valence-electron chi connectivity index (χ0n) is 19.4. The molecule has 4 rings (SSSR count). The van der Waals surface area contributed by atoms with Gasteiger partial charge in [-0.1, -0.05) is 76.6 Å². The third kappa shape index (κ3) is 8.98. The Balaban J connectivity index is 0.000000192. The number of Topliss-reactive ketones (excluding diaryl/α,β-unsaturated/α-hetero) is 2. The summed E-state index contributed by atoms with van der Waals surface area (Å²) in [6, 6.07) is 23.9. The molecule has 1 N–H and O–H groups in total. The number of H-pyrrole nitrogens is 1. The molecule has 0 atom stereocenters. The fourth-order valence-corrected chi connectivity index (χ4v) is 3.14. The molecule has 0 aliphatic heterocycles. The van der Waals surface area contributed by atoms with Gasteiger partial charge in [-0.15, -0.1) is 0 Å². The molecule has 2 heterocycles. The van der Waals surface area contributed by atoms with Crippen LogP contribution in [0.3, 0.4) is 0 Å². The largest absolute Gasteiger partial charge is 0.293 e. The average molecular weight is 509 g/mol. The first kappa shape index (κ1) is 25.9. The Bertz CT molecular complexity index is 1150. The first-order valence-corrected chi connectivity index (χ1v) is 11.6. The molecule has 0 bridgehead atoms. The van der Waals surface area contributed by atoms with Crippen LogP contribution in [0.4, 0.5) is 0 Å². The minimum Gasteiger partial charge on any atom is -0.293 e. The molecule has 0 spiro atoms. The number of ketones is 2. The molecule has 0 fully saturated rings. The van der Waals surface area contributed by atoms with Crippen molar-refractivity contribution < 1.29 is 9.59 Å². The summed E-state index contributed by atoms with van der Waals surface area (Å²) in [5, 5.41) is 11.6. The van der Waals surface area contributed by atoms with E-state index < -0.39 is 0 Å². The zero-order valence-corrected chi connectivity index (χ0v) is 21.0. The number of halogens is 1. The Kier molecular flexibility index (Phi) is 10.4. The maximum Gasteiger partial charge on any atom is 0.179 e. The predicted octanol–water partition coefficient (Wildman–Crippen LogP) is 5.94. The molecule has 7 heteroatoms. The Labute approximate surface area is 203 Å². The molecule has 0 aliphatic rings. The Morgan fingerprint density at radius 1 is 0.848 bits per heavy atom. The molecule has 172 valence electrons. The number of rotatable bonds is 5. The lowest BCUT2D eigenvalue weighted by atomic mass is 10.2. The van der Waals surface area contributed by atoms with Crippen molar-refractivity contribution in [2.45, 2.75) is 39.6 Å². The van der Waals surface area contributed by atoms with Gasteiger partial charge in [-0.25, -0.2) is 0 Å². The number of carbonyl (C=O) groups excluding carboxylic acids is 2. The van der Waals surface area contributed by atoms with Crippen LogP contribution >= 0.6 is 15.9 Å². The molecule has 0 saturated carbocycles. The number of nitrogens with one attached hydrogen (secondary N) is 1. The fraction of sp³-hybridized carbons (Fsp3) is 0.231. The van der Waals surface area contributed by atoms with Crippen molar-refractivity contribution in [2.24, 2.45) is 0 Å². The molecule has 4 aromatic rings. The summed E-state index contributed by atoms with van der Waals surface area (Å²) < 4.78 is 1.85. The summed E-state index contributed by atoms with van der Waals surface area (Å²) in [7, 11) is 0. The Morgan fingerprint density at radius 3 is 1.76 bits per heavy atom. The third-order valence-electron chi connectivity index (χ3n) is 4.58. The summed E-state index contributed by atoms with van der Waals surface area (Å²) in [5.41, 5.74) is 5.48. The Hall–Kier alpha value is -3.32. The van der Waals surface area contributed by atoms with E-state index in [1.54, 1.807) is 6.07 Å². The SMILES string of the molecule is BrCc1ccccc1.CC(=O)c1cc(C)[nH]n1.CC(=O)c1cc(C)n(Cc2ccccc2)n1. The van der Waals surface area contributed by atoms with Crippen LogP contribution in [0.1, 0.15) is 57.3 Å². The lowest BCUT2D eigenvalue weighted by Crippen LogP contribution is -2.04. The zero-order chi connectivity index (χ0) is 24.2. The van der Waals surface area contributed by atoms with Crippen LogP contribution in [0.15, 0.2) is 72.8 Å². The number of aryl methyl sites for hydroxylation is 2. The summed E-state index contributed by atoms with van der Waals surface area (Å²) >= 11 is 3.36. The minimum absolute atomic E-state index is 0.000602. The van der Waals surface area contributed by atoms with E-state index in [2.05, 4.69) is 55.5 Å². The summed E-state index contributed by atoms with van der Waals surface area (Å²) in [4.78, 5) is 21.8. The second-order valence-corrected chi connectivity index (χ2v) is 8.04. The number of aromatic nitrogens is 4. The van der Waals surface area contributed by atoms with Crippen LogP contribution in [-0.2, 0) is 11.9 Å². The molecule has 0 radical (unpaired) electrons. The second kappa shape index (κ2) is 13.3. The lowest BCUT2D eigenvalue weighted by molar-refractivity contribution is 0.1000. The predicted molar refractivity (Wildman–Crippen MR) is 135 cm³/mol. The van der Waals surface area contributed by atoms with Gasteiger partial charge >= 0.3 is 0 Å². The number of alkyl halides is 1. The highest BCUT2D eigenvalue weighted by Gasteiger charge is 2.07. The summed E-state index contributed by atoms with van der Waals surface area (Å²) in [5.74, 6) is 0.00858. The van der Waals surface area contributed by atoms with Gasteiger partial charge in [-0.3, -0.25) is 19.4 Å². The maximum absolute atomic E-state index is 11.2. The van der Waals surface area contributed by atoms with Crippen LogP contribution in [0.25, 0.3) is 0 Å². The van der Waals surface area contributed by atoms with Gasteiger partial charge in [0.05, 0.1) is 6.54 Å². The molecular weight excluding hydrogens is 480 g/mol. The molecule has 2 aromatic heterocycles. The van der Waals surface area contributed by atoms with E-state index in [1.165, 1.54) is 25.0 Å². The van der Waals surface area contributed by atoms with E-state index in [4.69, 9.17) is 0 Å². The number of hydrogen-bond acceptors (Lipinski definition) is 4. The first-order chi connectivity index (χ1) is 15.8. The van der Waals surface area contributed by atoms with Crippen molar-refractivity contribution in [1.29, 1.82) is 0 Å². The summed E-state index contributed by atoms with van der Waals surface area (Å²) in [6.45, 7) is 7.56. The molecule has 0 saturated heterocycles. The van der Waals surface area contributed by atoms with Gasteiger partial charge in [0.2, 0.25) is 0 Å². The van der Waals surface area contributed by atoms with E-state index in [0.717, 1.165) is 16.7 Å². The molecule has 0 amide bonds. The number of nitrogens with zero attached hydrogens (tertiary/aromatic N) is 3. The molecule has 2 aromatic carbocycles. The molecular formula is C26H29BrN4O2. The highest BCUT2D eigenvalue weighted by atomic mass is 79.9. The fourth-order valence-electron chi connectivity index (χ4n) is 2.76. The highest BCUT2D eigenvalue weighted by molar-refractivity contribution is 9.08. The van der Waals surface area contributed by atoms with Crippen molar-refractivity contribution in [2.75, 3.05) is 0 Å². The van der Waals surface area contributed by atoms with Crippen LogP contribution < -0.4 is 0 Å². The highest BCUT2D eigenvalue weighted by Crippen LogP contribution is 2.08. The minimum atomic E-state index is -0.000602. The van der Waals surface area contributed by atoms with Gasteiger partial charge in [0, 0.05) is 30.6 Å². The van der Waals surface area contributed by atoms with E-state index in [1.807, 2.05) is 61.0 Å². The van der Waals surface area contributed by atoms with Crippen LogP contribution in [0.2, 0.25) is 0 Å². The van der Waals surface area contributed by atoms with Crippen molar-refractivity contribution in [3.8, 4) is 0 Å². The first-order valence-electron chi connectivity index (χ1n) is 10.5. The van der Waals surface area contributed by atoms with E-state index in [-0.39, 0.29) is 11.6 Å². The summed E-state index contributed by atoms with van der Waals surface area (Å²) in [6.07, 6.45) is 0. The van der Waals surface area contributed by atoms with Crippen molar-refractivity contribution in [1.82, 2.24) is 20.0 Å². The maximum atomic E-state index is 11.2. The van der Waals surface area contributed by atoms with Crippen molar-refractivity contribution >= 4 is 27.5 Å². The van der Waals surface area contributed by atoms with Gasteiger partial charge in [0.1, 0.15) is 11.4 Å². The van der Waals surface area contributed by atoms with Gasteiger partial charge in [-0.2, -0.15) is 10.2 Å². The molecule has 0 aliphatic carbocycles. The smallest absolute Gasteiger partial charge is 0.179 e. The average Bonchev–Trinajstić information content (AvgIpc) is 3.42. The third-order valence-corrected chi connectivity index (χ3v) is 5.23. The van der Waals surface area contributed by atoms with E-state index in [0.29, 0.717) is 17.9 Å². The second-order valence-electron chi connectivity index (χ2n) is 7.48. The van der Waals surface area contributed by atoms with Crippen molar-refractivity contribution in [3.63, 3.8) is 0 Å². The van der Waals surface area contributed by atoms with E-state index >= 15 is 0 Å². The van der Waals surface area contributed by atoms with Gasteiger partial charge in [0.25, 0.3) is 0 Å². The van der Waals surface area contributed by atoms with E-state index in [9.17, 15) is 9.59 Å². The number of hydrogen-bond donors (Lipinski definition) is 1. The van der Waals surface area contributed by atoms with Crippen LogP contribution in [0, 0.1) is 13.8 Å². The topological polar surface area (TPSA) is 80.6 Å². The molecule has 0 unspecified atom stereocenters. The number of benzene rings is 2. The normalized spacial score (nSPS) is 9.85. The lowest BCUT2D eigenvalue weighted by Gasteiger charge is -2.03.